The average molecular weight is 652 g/mol. The van der Waals surface area contributed by atoms with E-state index in [9.17, 15) is 22.8 Å². The third-order valence-electron chi connectivity index (χ3n) is 7.79. The van der Waals surface area contributed by atoms with Crippen molar-refractivity contribution in [2.75, 3.05) is 18.1 Å². The summed E-state index contributed by atoms with van der Waals surface area (Å²) >= 11 is 5.95. The van der Waals surface area contributed by atoms with Crippen LogP contribution in [-0.4, -0.2) is 56.3 Å². The largest absolute Gasteiger partial charge is 0.417 e. The molecule has 1 saturated heterocycles. The van der Waals surface area contributed by atoms with Crippen LogP contribution < -0.4 is 10.2 Å². The number of tetrazole rings is 1. The Morgan fingerprint density at radius 3 is 2.67 bits per heavy atom. The minimum atomic E-state index is -4.82. The zero-order chi connectivity index (χ0) is 32.4. The van der Waals surface area contributed by atoms with Gasteiger partial charge in [-0.2, -0.15) is 18.0 Å². The van der Waals surface area contributed by atoms with Gasteiger partial charge in [0.25, 0.3) is 5.91 Å². The van der Waals surface area contributed by atoms with Crippen LogP contribution in [0.4, 0.5) is 18.9 Å². The van der Waals surface area contributed by atoms with Crippen LogP contribution in [0.3, 0.4) is 0 Å². The van der Waals surface area contributed by atoms with Crippen molar-refractivity contribution in [2.45, 2.75) is 44.6 Å². The van der Waals surface area contributed by atoms with Gasteiger partial charge in [0.2, 0.25) is 11.7 Å². The first-order valence-corrected chi connectivity index (χ1v) is 15.0. The van der Waals surface area contributed by atoms with Gasteiger partial charge in [0.15, 0.2) is 0 Å². The Labute approximate surface area is 266 Å². The van der Waals surface area contributed by atoms with Crippen molar-refractivity contribution >= 4 is 40.0 Å². The predicted molar refractivity (Wildman–Crippen MR) is 165 cm³/mol. The summed E-state index contributed by atoms with van der Waals surface area (Å²) in [5, 5.41) is 15.3. The summed E-state index contributed by atoms with van der Waals surface area (Å²) in [5.74, 6) is -1.11. The number of H-pyrrole nitrogens is 1. The molecule has 2 amide bonds. The summed E-state index contributed by atoms with van der Waals surface area (Å²) in [6, 6.07) is 16.2. The SMILES string of the molecule is Cc1ccc(-c2nnn(CC(=O)N(c3ccc(Cl)c(C(F)(F)F)c3)[C@@H](C(=O)NC[C@H]3CCCO3)c3c[nH]c4ccccc34)n2)cc1. The fraction of sp³-hybridized carbons (Fsp3) is 0.281. The Balaban J connectivity index is 1.43. The van der Waals surface area contributed by atoms with Gasteiger partial charge in [-0.1, -0.05) is 59.6 Å². The van der Waals surface area contributed by atoms with E-state index in [-0.39, 0.29) is 24.2 Å². The molecule has 0 bridgehead atoms. The number of hydrogen-bond donors (Lipinski definition) is 2. The normalized spacial score (nSPS) is 15.6. The van der Waals surface area contributed by atoms with Gasteiger partial charge in [0.05, 0.1) is 16.7 Å². The Kier molecular flexibility index (Phi) is 8.78. The lowest BCUT2D eigenvalue weighted by Gasteiger charge is -2.32. The first kappa shape index (κ1) is 31.2. The van der Waals surface area contributed by atoms with Crippen LogP contribution in [0, 0.1) is 6.92 Å². The molecule has 6 rings (SSSR count). The molecule has 0 radical (unpaired) electrons. The number of fused-ring (bicyclic) bond motifs is 1. The fourth-order valence-corrected chi connectivity index (χ4v) is 5.70. The molecule has 0 spiro atoms. The zero-order valence-electron chi connectivity index (χ0n) is 24.6. The molecule has 1 aliphatic rings. The molecule has 14 heteroatoms. The number of hydrogen-bond acceptors (Lipinski definition) is 6. The molecule has 5 aromatic rings. The van der Waals surface area contributed by atoms with E-state index in [1.165, 1.54) is 6.07 Å². The number of benzene rings is 3. The Hall–Kier alpha value is -4.75. The number of halogens is 4. The molecule has 0 saturated carbocycles. The highest BCUT2D eigenvalue weighted by Gasteiger charge is 2.38. The molecule has 2 atom stereocenters. The van der Waals surface area contributed by atoms with Crippen LogP contribution in [-0.2, 0) is 27.0 Å². The minimum absolute atomic E-state index is 0.165. The summed E-state index contributed by atoms with van der Waals surface area (Å²) in [4.78, 5) is 33.5. The van der Waals surface area contributed by atoms with E-state index in [4.69, 9.17) is 16.3 Å². The van der Waals surface area contributed by atoms with Crippen LogP contribution in [0.5, 0.6) is 0 Å². The number of aromatic nitrogens is 5. The van der Waals surface area contributed by atoms with Crippen molar-refractivity contribution in [3.8, 4) is 11.4 Å². The molecular formula is C32H29ClF3N7O3. The van der Waals surface area contributed by atoms with Crippen molar-refractivity contribution in [3.63, 3.8) is 0 Å². The minimum Gasteiger partial charge on any atom is -0.376 e. The van der Waals surface area contributed by atoms with Gasteiger partial charge >= 0.3 is 6.18 Å². The number of para-hydroxylation sites is 1. The summed E-state index contributed by atoms with van der Waals surface area (Å²) in [5.41, 5.74) is 1.41. The van der Waals surface area contributed by atoms with Crippen molar-refractivity contribution in [1.82, 2.24) is 30.5 Å². The third kappa shape index (κ3) is 6.60. The number of ether oxygens (including phenoxy) is 1. The lowest BCUT2D eigenvalue weighted by atomic mass is 10.0. The molecule has 238 valence electrons. The lowest BCUT2D eigenvalue weighted by molar-refractivity contribution is -0.137. The van der Waals surface area contributed by atoms with Crippen LogP contribution >= 0.6 is 11.6 Å². The van der Waals surface area contributed by atoms with Crippen molar-refractivity contribution in [2.24, 2.45) is 0 Å². The maximum absolute atomic E-state index is 14.3. The molecular weight excluding hydrogens is 623 g/mol. The molecule has 0 aliphatic carbocycles. The number of nitrogens with zero attached hydrogens (tertiary/aromatic N) is 5. The van der Waals surface area contributed by atoms with E-state index in [0.29, 0.717) is 28.6 Å². The number of aromatic amines is 1. The van der Waals surface area contributed by atoms with E-state index in [0.717, 1.165) is 40.2 Å². The van der Waals surface area contributed by atoms with Gasteiger partial charge in [0, 0.05) is 47.1 Å². The van der Waals surface area contributed by atoms with E-state index in [1.54, 1.807) is 30.5 Å². The van der Waals surface area contributed by atoms with E-state index >= 15 is 0 Å². The van der Waals surface area contributed by atoms with Gasteiger partial charge < -0.3 is 15.0 Å². The lowest BCUT2D eigenvalue weighted by Crippen LogP contribution is -2.46. The van der Waals surface area contributed by atoms with E-state index < -0.39 is 41.2 Å². The van der Waals surface area contributed by atoms with Gasteiger partial charge in [0.1, 0.15) is 12.6 Å². The maximum Gasteiger partial charge on any atom is 0.417 e. The van der Waals surface area contributed by atoms with Crippen molar-refractivity contribution in [3.05, 3.63) is 94.6 Å². The first-order valence-electron chi connectivity index (χ1n) is 14.6. The second-order valence-corrected chi connectivity index (χ2v) is 11.4. The third-order valence-corrected chi connectivity index (χ3v) is 8.12. The summed E-state index contributed by atoms with van der Waals surface area (Å²) in [6.07, 6.45) is -1.88. The molecule has 2 N–H and O–H groups in total. The quantitative estimate of drug-likeness (QED) is 0.206. The number of anilines is 1. The molecule has 10 nitrogen and oxygen atoms in total. The highest BCUT2D eigenvalue weighted by Crippen LogP contribution is 2.40. The molecule has 1 aliphatic heterocycles. The molecule has 1 fully saturated rings. The topological polar surface area (TPSA) is 118 Å². The van der Waals surface area contributed by atoms with E-state index in [2.05, 4.69) is 25.7 Å². The van der Waals surface area contributed by atoms with Crippen LogP contribution in [0.15, 0.2) is 72.9 Å². The fourth-order valence-electron chi connectivity index (χ4n) is 5.48. The second kappa shape index (κ2) is 12.9. The summed E-state index contributed by atoms with van der Waals surface area (Å²) in [7, 11) is 0. The highest BCUT2D eigenvalue weighted by molar-refractivity contribution is 6.31. The van der Waals surface area contributed by atoms with Gasteiger partial charge in [-0.3, -0.25) is 14.5 Å². The highest BCUT2D eigenvalue weighted by atomic mass is 35.5. The molecule has 46 heavy (non-hydrogen) atoms. The van der Waals surface area contributed by atoms with Gasteiger partial charge in [-0.25, -0.2) is 0 Å². The smallest absolute Gasteiger partial charge is 0.376 e. The number of alkyl halides is 3. The first-order chi connectivity index (χ1) is 22.1. The van der Waals surface area contributed by atoms with Crippen LogP contribution in [0.2, 0.25) is 5.02 Å². The van der Waals surface area contributed by atoms with E-state index in [1.807, 2.05) is 31.2 Å². The monoisotopic (exact) mass is 651 g/mol. The molecule has 2 aromatic heterocycles. The summed E-state index contributed by atoms with van der Waals surface area (Å²) < 4.78 is 47.8. The maximum atomic E-state index is 14.3. The molecule has 3 heterocycles. The zero-order valence-corrected chi connectivity index (χ0v) is 25.3. The number of nitrogens with one attached hydrogen (secondary N) is 2. The van der Waals surface area contributed by atoms with Gasteiger partial charge in [-0.05, 0) is 49.2 Å². The van der Waals surface area contributed by atoms with Crippen LogP contribution in [0.25, 0.3) is 22.3 Å². The Morgan fingerprint density at radius 1 is 1.15 bits per heavy atom. The Bertz CT molecular complexity index is 1870. The second-order valence-electron chi connectivity index (χ2n) is 11.0. The Morgan fingerprint density at radius 2 is 1.93 bits per heavy atom. The molecule has 3 aromatic carbocycles. The van der Waals surface area contributed by atoms with Crippen LogP contribution in [0.1, 0.15) is 35.6 Å². The summed E-state index contributed by atoms with van der Waals surface area (Å²) in [6.45, 7) is 2.14. The molecule has 0 unspecified atom stereocenters. The number of amides is 2. The van der Waals surface area contributed by atoms with Crippen molar-refractivity contribution in [1.29, 1.82) is 0 Å². The number of rotatable bonds is 9. The number of carbonyl (C=O) groups excluding carboxylic acids is 2. The standard InChI is InChI=1S/C32H29ClF3N7O3/c1-19-8-10-20(11-9-19)30-39-41-42(40-30)18-28(44)43(21-12-13-26(33)25(15-21)32(34,35)36)29(31(45)38-16-22-5-4-14-46-22)24-17-37-27-7-3-2-6-23(24)27/h2-3,6-13,15,17,22,29,37H,4-5,14,16,18H2,1H3,(H,38,45)/t22-,29-/m1/s1. The number of aryl methyl sites for hydroxylation is 1. The average Bonchev–Trinajstić information content (AvgIpc) is 3.81. The predicted octanol–water partition coefficient (Wildman–Crippen LogP) is 5.87. The van der Waals surface area contributed by atoms with Gasteiger partial charge in [-0.15, -0.1) is 10.2 Å². The van der Waals surface area contributed by atoms with Crippen molar-refractivity contribution < 1.29 is 27.5 Å². The number of carbonyl (C=O) groups is 2.